The van der Waals surface area contributed by atoms with Crippen LogP contribution in [0.1, 0.15) is 17.0 Å². The van der Waals surface area contributed by atoms with Gasteiger partial charge in [-0.15, -0.1) is 11.3 Å². The van der Waals surface area contributed by atoms with E-state index in [9.17, 15) is 13.2 Å². The Labute approximate surface area is 152 Å². The smallest absolute Gasteiger partial charge is 0.369 e. The molecule has 0 bridgehead atoms. The van der Waals surface area contributed by atoms with E-state index in [0.717, 1.165) is 28.4 Å². The SMILES string of the molecule is N#Cc1ccc(C(F)(F)F)nc1NCCc1csc(-c2ccccc2)n1. The number of nitrogens with zero attached hydrogens (tertiary/aromatic N) is 3. The Morgan fingerprint density at radius 2 is 1.85 bits per heavy atom. The molecule has 132 valence electrons. The zero-order valence-corrected chi connectivity index (χ0v) is 14.2. The lowest BCUT2D eigenvalue weighted by molar-refractivity contribution is -0.141. The number of rotatable bonds is 5. The molecule has 3 rings (SSSR count). The maximum absolute atomic E-state index is 12.8. The van der Waals surface area contributed by atoms with Crippen LogP contribution in [0.5, 0.6) is 0 Å². The molecule has 0 amide bonds. The van der Waals surface area contributed by atoms with Crippen LogP contribution in [-0.2, 0) is 12.6 Å². The summed E-state index contributed by atoms with van der Waals surface area (Å²) in [6.07, 6.45) is -4.05. The van der Waals surface area contributed by atoms with Crippen LogP contribution in [0.2, 0.25) is 0 Å². The second-order valence-electron chi connectivity index (χ2n) is 5.39. The van der Waals surface area contributed by atoms with Gasteiger partial charge in [0.25, 0.3) is 0 Å². The van der Waals surface area contributed by atoms with E-state index < -0.39 is 11.9 Å². The van der Waals surface area contributed by atoms with Crippen LogP contribution in [0.4, 0.5) is 19.0 Å². The number of alkyl halides is 3. The fourth-order valence-corrected chi connectivity index (χ4v) is 3.15. The number of nitrogens with one attached hydrogen (secondary N) is 1. The largest absolute Gasteiger partial charge is 0.433 e. The molecule has 2 aromatic heterocycles. The first-order valence-electron chi connectivity index (χ1n) is 7.69. The van der Waals surface area contributed by atoms with Crippen LogP contribution < -0.4 is 5.32 Å². The van der Waals surface area contributed by atoms with Gasteiger partial charge >= 0.3 is 6.18 Å². The molecule has 1 aromatic carbocycles. The number of pyridine rings is 1. The molecule has 4 nitrogen and oxygen atoms in total. The van der Waals surface area contributed by atoms with Crippen LogP contribution in [0.3, 0.4) is 0 Å². The van der Waals surface area contributed by atoms with E-state index in [2.05, 4.69) is 15.3 Å². The van der Waals surface area contributed by atoms with Gasteiger partial charge in [-0.05, 0) is 12.1 Å². The first kappa shape index (κ1) is 17.9. The van der Waals surface area contributed by atoms with E-state index in [1.807, 2.05) is 41.8 Å². The second-order valence-corrected chi connectivity index (χ2v) is 6.25. The minimum Gasteiger partial charge on any atom is -0.369 e. The van der Waals surface area contributed by atoms with Gasteiger partial charge < -0.3 is 5.32 Å². The van der Waals surface area contributed by atoms with Crippen molar-refractivity contribution in [2.75, 3.05) is 11.9 Å². The standard InChI is InChI=1S/C18H13F3N4S/c19-18(20,21)15-7-6-13(10-22)16(25-15)23-9-8-14-11-26-17(24-14)12-4-2-1-3-5-12/h1-7,11H,8-9H2,(H,23,25). The molecular weight excluding hydrogens is 361 g/mol. The molecular formula is C18H13F3N4S. The summed E-state index contributed by atoms with van der Waals surface area (Å²) < 4.78 is 38.3. The van der Waals surface area contributed by atoms with Gasteiger partial charge in [0, 0.05) is 23.9 Å². The molecule has 0 spiro atoms. The van der Waals surface area contributed by atoms with Gasteiger partial charge in [0.2, 0.25) is 0 Å². The van der Waals surface area contributed by atoms with E-state index in [4.69, 9.17) is 5.26 Å². The zero-order chi connectivity index (χ0) is 18.6. The highest BCUT2D eigenvalue weighted by atomic mass is 32.1. The number of anilines is 1. The molecule has 0 saturated carbocycles. The van der Waals surface area contributed by atoms with Crippen molar-refractivity contribution in [3.63, 3.8) is 0 Å². The summed E-state index contributed by atoms with van der Waals surface area (Å²) in [5, 5.41) is 14.6. The summed E-state index contributed by atoms with van der Waals surface area (Å²) in [6.45, 7) is 0.320. The van der Waals surface area contributed by atoms with Crippen molar-refractivity contribution in [3.05, 3.63) is 64.8 Å². The molecule has 0 atom stereocenters. The van der Waals surface area contributed by atoms with Gasteiger partial charge in [-0.1, -0.05) is 30.3 Å². The lowest BCUT2D eigenvalue weighted by Gasteiger charge is -2.10. The van der Waals surface area contributed by atoms with E-state index in [1.54, 1.807) is 0 Å². The Hall–Kier alpha value is -2.92. The number of thiazole rings is 1. The summed E-state index contributed by atoms with van der Waals surface area (Å²) in [4.78, 5) is 8.05. The molecule has 0 fully saturated rings. The number of hydrogen-bond acceptors (Lipinski definition) is 5. The van der Waals surface area contributed by atoms with Gasteiger partial charge in [-0.3, -0.25) is 0 Å². The molecule has 0 radical (unpaired) electrons. The van der Waals surface area contributed by atoms with E-state index in [0.29, 0.717) is 13.0 Å². The van der Waals surface area contributed by atoms with Gasteiger partial charge in [0.05, 0.1) is 11.3 Å². The van der Waals surface area contributed by atoms with Crippen molar-refractivity contribution in [1.82, 2.24) is 9.97 Å². The molecule has 26 heavy (non-hydrogen) atoms. The zero-order valence-electron chi connectivity index (χ0n) is 13.4. The first-order valence-corrected chi connectivity index (χ1v) is 8.57. The average Bonchev–Trinajstić information content (AvgIpc) is 3.10. The van der Waals surface area contributed by atoms with Crippen LogP contribution in [0.15, 0.2) is 47.8 Å². The number of aromatic nitrogens is 2. The quantitative estimate of drug-likeness (QED) is 0.700. The summed E-state index contributed by atoms with van der Waals surface area (Å²) in [5.74, 6) is -0.0687. The lowest BCUT2D eigenvalue weighted by Crippen LogP contribution is -2.13. The Bertz CT molecular complexity index is 930. The third-order valence-electron chi connectivity index (χ3n) is 3.55. The molecule has 3 aromatic rings. The van der Waals surface area contributed by atoms with E-state index in [-0.39, 0.29) is 11.4 Å². The summed E-state index contributed by atoms with van der Waals surface area (Å²) in [7, 11) is 0. The Morgan fingerprint density at radius 3 is 2.54 bits per heavy atom. The molecule has 0 aliphatic heterocycles. The van der Waals surface area contributed by atoms with Crippen LogP contribution >= 0.6 is 11.3 Å². The molecule has 0 aliphatic rings. The van der Waals surface area contributed by atoms with Gasteiger partial charge in [0.15, 0.2) is 0 Å². The number of nitriles is 1. The average molecular weight is 374 g/mol. The molecule has 8 heteroatoms. The van der Waals surface area contributed by atoms with E-state index in [1.165, 1.54) is 11.3 Å². The lowest BCUT2D eigenvalue weighted by atomic mass is 10.2. The van der Waals surface area contributed by atoms with Gasteiger partial charge in [0.1, 0.15) is 22.6 Å². The number of benzene rings is 1. The van der Waals surface area contributed by atoms with Crippen molar-refractivity contribution in [1.29, 1.82) is 5.26 Å². The van der Waals surface area contributed by atoms with Crippen LogP contribution in [-0.4, -0.2) is 16.5 Å². The molecule has 0 aliphatic carbocycles. The molecule has 0 saturated heterocycles. The van der Waals surface area contributed by atoms with Gasteiger partial charge in [-0.25, -0.2) is 9.97 Å². The number of halogens is 3. The highest BCUT2D eigenvalue weighted by Crippen LogP contribution is 2.29. The fourth-order valence-electron chi connectivity index (χ4n) is 2.29. The number of hydrogen-bond donors (Lipinski definition) is 1. The van der Waals surface area contributed by atoms with Crippen molar-refractivity contribution >= 4 is 17.2 Å². The highest BCUT2D eigenvalue weighted by molar-refractivity contribution is 7.13. The minimum absolute atomic E-state index is 0.0687. The predicted octanol–water partition coefficient (Wildman–Crippen LogP) is 4.75. The third kappa shape index (κ3) is 4.18. The van der Waals surface area contributed by atoms with Crippen LogP contribution in [0, 0.1) is 11.3 Å². The Balaban J connectivity index is 1.67. The molecule has 1 N–H and O–H groups in total. The van der Waals surface area contributed by atoms with Crippen molar-refractivity contribution in [2.24, 2.45) is 0 Å². The molecule has 0 unspecified atom stereocenters. The third-order valence-corrected chi connectivity index (χ3v) is 4.49. The second kappa shape index (κ2) is 7.54. The van der Waals surface area contributed by atoms with E-state index >= 15 is 0 Å². The van der Waals surface area contributed by atoms with Crippen molar-refractivity contribution in [3.8, 4) is 16.6 Å². The van der Waals surface area contributed by atoms with Crippen molar-refractivity contribution < 1.29 is 13.2 Å². The summed E-state index contributed by atoms with van der Waals surface area (Å²) >= 11 is 1.51. The maximum Gasteiger partial charge on any atom is 0.433 e. The Kier molecular flexibility index (Phi) is 5.19. The van der Waals surface area contributed by atoms with Crippen LogP contribution in [0.25, 0.3) is 10.6 Å². The monoisotopic (exact) mass is 374 g/mol. The topological polar surface area (TPSA) is 61.6 Å². The normalized spacial score (nSPS) is 11.2. The highest BCUT2D eigenvalue weighted by Gasteiger charge is 2.33. The summed E-state index contributed by atoms with van der Waals surface area (Å²) in [5.41, 5.74) is 0.884. The first-order chi connectivity index (χ1) is 12.5. The maximum atomic E-state index is 12.8. The van der Waals surface area contributed by atoms with Gasteiger partial charge in [-0.2, -0.15) is 18.4 Å². The molecule has 2 heterocycles. The fraction of sp³-hybridized carbons (Fsp3) is 0.167. The van der Waals surface area contributed by atoms with Crippen molar-refractivity contribution in [2.45, 2.75) is 12.6 Å². The Morgan fingerprint density at radius 1 is 1.08 bits per heavy atom. The predicted molar refractivity (Wildman–Crippen MR) is 93.7 cm³/mol. The minimum atomic E-state index is -4.55. The summed E-state index contributed by atoms with van der Waals surface area (Å²) in [6, 6.07) is 13.5.